The Labute approximate surface area is 189 Å². The molecule has 0 spiro atoms. The maximum atomic E-state index is 13.4. The van der Waals surface area contributed by atoms with Crippen molar-refractivity contribution in [3.05, 3.63) is 30.5 Å². The second-order valence-corrected chi connectivity index (χ2v) is 7.97. The lowest BCUT2D eigenvalue weighted by molar-refractivity contribution is -0.127. The molecule has 1 unspecified atom stereocenters. The van der Waals surface area contributed by atoms with E-state index in [4.69, 9.17) is 14.5 Å². The zero-order chi connectivity index (χ0) is 22.7. The molecule has 3 heterocycles. The van der Waals surface area contributed by atoms with Crippen molar-refractivity contribution in [1.82, 2.24) is 15.3 Å². The number of morpholine rings is 1. The number of benzene rings is 1. The van der Waals surface area contributed by atoms with E-state index in [1.165, 1.54) is 0 Å². The number of methoxy groups -OCH3 is 1. The van der Waals surface area contributed by atoms with E-state index in [1.54, 1.807) is 37.4 Å². The van der Waals surface area contributed by atoms with Gasteiger partial charge in [0.2, 0.25) is 0 Å². The van der Waals surface area contributed by atoms with Crippen LogP contribution in [-0.4, -0.2) is 74.5 Å². The van der Waals surface area contributed by atoms with Gasteiger partial charge in [0.25, 0.3) is 5.91 Å². The number of urea groups is 1. The van der Waals surface area contributed by atoms with Crippen molar-refractivity contribution in [3.8, 4) is 11.4 Å². The molecule has 1 saturated heterocycles. The number of hydrogen-bond acceptors (Lipinski definition) is 7. The Hall–Kier alpha value is -3.24. The summed E-state index contributed by atoms with van der Waals surface area (Å²) in [6.07, 6.45) is 2.42. The van der Waals surface area contributed by atoms with Crippen molar-refractivity contribution in [2.45, 2.75) is 18.9 Å². The van der Waals surface area contributed by atoms with Gasteiger partial charge < -0.3 is 29.9 Å². The number of nitrogens with zero attached hydrogens (tertiary/aromatic N) is 4. The van der Waals surface area contributed by atoms with Crippen molar-refractivity contribution in [2.75, 3.05) is 62.2 Å². The highest BCUT2D eigenvalue weighted by molar-refractivity contribution is 6.07. The highest BCUT2D eigenvalue weighted by Crippen LogP contribution is 2.41. The molecule has 4 rings (SSSR count). The minimum Gasteiger partial charge on any atom is -0.385 e. The fraction of sp³-hybridized carbons (Fsp3) is 0.455. The van der Waals surface area contributed by atoms with Gasteiger partial charge in [-0.15, -0.1) is 0 Å². The molecule has 3 amide bonds. The monoisotopic (exact) mass is 444 g/mol. The summed E-state index contributed by atoms with van der Waals surface area (Å²) in [5.41, 5.74) is 1.37. The molecule has 0 bridgehead atoms. The normalized spacial score (nSPS) is 19.9. The molecule has 1 aromatic carbocycles. The van der Waals surface area contributed by atoms with Gasteiger partial charge in [-0.3, -0.25) is 4.79 Å². The van der Waals surface area contributed by atoms with E-state index in [1.807, 2.05) is 24.0 Å². The first-order valence-corrected chi connectivity index (χ1v) is 10.6. The Morgan fingerprint density at radius 3 is 2.84 bits per heavy atom. The summed E-state index contributed by atoms with van der Waals surface area (Å²) in [4.78, 5) is 38.1. The fourth-order valence-corrected chi connectivity index (χ4v) is 4.05. The summed E-state index contributed by atoms with van der Waals surface area (Å²) in [6, 6.07) is 7.03. The quantitative estimate of drug-likeness (QED) is 0.659. The van der Waals surface area contributed by atoms with Crippen LogP contribution in [0.25, 0.3) is 11.4 Å². The Morgan fingerprint density at radius 1 is 1.34 bits per heavy atom. The van der Waals surface area contributed by atoms with Crippen molar-refractivity contribution in [1.29, 1.82) is 0 Å². The van der Waals surface area contributed by atoms with Gasteiger partial charge in [0.1, 0.15) is 11.2 Å². The van der Waals surface area contributed by atoms with Crippen LogP contribution in [0, 0.1) is 0 Å². The second kappa shape index (κ2) is 9.09. The number of ether oxygens (including phenoxy) is 2. The van der Waals surface area contributed by atoms with Crippen molar-refractivity contribution >= 4 is 29.1 Å². The summed E-state index contributed by atoms with van der Waals surface area (Å²) < 4.78 is 10.8. The smallest absolute Gasteiger partial charge is 0.318 e. The number of hydrogen-bond donors (Lipinski definition) is 2. The number of nitrogens with one attached hydrogen (secondary N) is 2. The molecule has 32 heavy (non-hydrogen) atoms. The van der Waals surface area contributed by atoms with Crippen LogP contribution >= 0.6 is 0 Å². The van der Waals surface area contributed by atoms with Crippen LogP contribution in [-0.2, 0) is 14.3 Å². The van der Waals surface area contributed by atoms with Crippen LogP contribution in [0.3, 0.4) is 0 Å². The Morgan fingerprint density at radius 2 is 2.12 bits per heavy atom. The lowest BCUT2D eigenvalue weighted by Gasteiger charge is -2.50. The zero-order valence-electron chi connectivity index (χ0n) is 18.6. The first kappa shape index (κ1) is 22.0. The molecule has 1 aromatic heterocycles. The van der Waals surface area contributed by atoms with E-state index < -0.39 is 5.54 Å². The molecular weight excluding hydrogens is 412 g/mol. The molecule has 2 aliphatic heterocycles. The molecule has 174 valence electrons. The number of amides is 3. The third kappa shape index (κ3) is 3.98. The first-order chi connectivity index (χ1) is 15.5. The molecule has 2 aromatic rings. The van der Waals surface area contributed by atoms with Crippen molar-refractivity contribution in [2.24, 2.45) is 0 Å². The maximum Gasteiger partial charge on any atom is 0.318 e. The number of fused-ring (bicyclic) bond motifs is 3. The topological polar surface area (TPSA) is 109 Å². The van der Waals surface area contributed by atoms with E-state index >= 15 is 0 Å². The van der Waals surface area contributed by atoms with Gasteiger partial charge in [0, 0.05) is 48.0 Å². The van der Waals surface area contributed by atoms with E-state index in [0.717, 1.165) is 11.4 Å². The predicted molar refractivity (Wildman–Crippen MR) is 125 cm³/mol. The Balaban J connectivity index is 0.00000204. The molecule has 2 N–H and O–H groups in total. The van der Waals surface area contributed by atoms with Crippen molar-refractivity contribution in [3.63, 3.8) is 0 Å². The van der Waals surface area contributed by atoms with E-state index in [2.05, 4.69) is 15.6 Å². The van der Waals surface area contributed by atoms with Gasteiger partial charge in [0.15, 0.2) is 11.6 Å². The average Bonchev–Trinajstić information content (AvgIpc) is 2.81. The molecule has 10 heteroatoms. The first-order valence-electron chi connectivity index (χ1n) is 10.6. The summed E-state index contributed by atoms with van der Waals surface area (Å²) in [5.74, 6) is 1.27. The number of aromatic nitrogens is 2. The summed E-state index contributed by atoms with van der Waals surface area (Å²) in [5, 5.41) is 5.25. The van der Waals surface area contributed by atoms with Crippen LogP contribution in [0.15, 0.2) is 30.5 Å². The summed E-state index contributed by atoms with van der Waals surface area (Å²) in [6.45, 7) is 4.40. The van der Waals surface area contributed by atoms with Crippen LogP contribution < -0.4 is 20.4 Å². The average molecular weight is 445 g/mol. The summed E-state index contributed by atoms with van der Waals surface area (Å²) >= 11 is 0. The van der Waals surface area contributed by atoms with Gasteiger partial charge in [0.05, 0.1) is 19.4 Å². The molecule has 2 aliphatic rings. The molecular formula is C22H32N6O4. The predicted octanol–water partition coefficient (Wildman–Crippen LogP) is 2.37. The van der Waals surface area contributed by atoms with Gasteiger partial charge in [-0.05, 0) is 37.6 Å². The minimum absolute atomic E-state index is 0. The number of rotatable bonds is 6. The third-order valence-electron chi connectivity index (χ3n) is 5.80. The van der Waals surface area contributed by atoms with E-state index in [9.17, 15) is 9.59 Å². The van der Waals surface area contributed by atoms with Crippen LogP contribution in [0.1, 0.15) is 16.2 Å². The van der Waals surface area contributed by atoms with Crippen LogP contribution in [0.2, 0.25) is 0 Å². The van der Waals surface area contributed by atoms with Crippen LogP contribution in [0.4, 0.5) is 22.0 Å². The Kier molecular flexibility index (Phi) is 6.24. The van der Waals surface area contributed by atoms with Gasteiger partial charge >= 0.3 is 6.03 Å². The zero-order valence-corrected chi connectivity index (χ0v) is 18.6. The SMILES string of the molecule is CNC(=O)Nc1ccc(-c2ncc3c(n2)N2CCOCC2(C)C(=O)N3CCCOC)cc1.[HH].[HH]. The number of anilines is 3. The second-order valence-electron chi connectivity index (χ2n) is 7.97. The lowest BCUT2D eigenvalue weighted by atomic mass is 9.93. The lowest BCUT2D eigenvalue weighted by Crippen LogP contribution is -2.67. The largest absolute Gasteiger partial charge is 0.385 e. The number of carbonyl (C=O) groups excluding carboxylic acids is 2. The third-order valence-corrected chi connectivity index (χ3v) is 5.80. The summed E-state index contributed by atoms with van der Waals surface area (Å²) in [7, 11) is 3.21. The minimum atomic E-state index is -0.814. The fourth-order valence-electron chi connectivity index (χ4n) is 4.05. The van der Waals surface area contributed by atoms with Crippen molar-refractivity contribution < 1.29 is 21.9 Å². The molecule has 1 atom stereocenters. The van der Waals surface area contributed by atoms with Gasteiger partial charge in [-0.1, -0.05) is 0 Å². The molecule has 0 aliphatic carbocycles. The molecule has 1 fully saturated rings. The van der Waals surface area contributed by atoms with Gasteiger partial charge in [-0.2, -0.15) is 0 Å². The Bertz CT molecular complexity index is 1010. The maximum absolute atomic E-state index is 13.4. The van der Waals surface area contributed by atoms with Gasteiger partial charge in [-0.25, -0.2) is 14.8 Å². The van der Waals surface area contributed by atoms with E-state index in [-0.39, 0.29) is 14.8 Å². The highest BCUT2D eigenvalue weighted by Gasteiger charge is 2.50. The molecule has 0 saturated carbocycles. The number of carbonyl (C=O) groups is 2. The standard InChI is InChI=1S/C22H28N6O4.2H2/c1-22-14-32-12-10-28(22)19-17(27(20(22)29)9-4-11-31-3)13-24-18(26-19)15-5-7-16(8-6-15)25-21(30)23-2;;/h5-8,13H,4,9-12,14H2,1-3H3,(H2,23,25,30);2*1H. The molecule has 0 radical (unpaired) electrons. The van der Waals surface area contributed by atoms with E-state index in [0.29, 0.717) is 56.5 Å². The molecule has 10 nitrogen and oxygen atoms in total. The van der Waals surface area contributed by atoms with Crippen LogP contribution in [0.5, 0.6) is 0 Å². The highest BCUT2D eigenvalue weighted by atomic mass is 16.5.